The van der Waals surface area contributed by atoms with Gasteiger partial charge in [0.15, 0.2) is 23.1 Å². The van der Waals surface area contributed by atoms with Crippen molar-refractivity contribution in [2.45, 2.75) is 46.0 Å². The van der Waals surface area contributed by atoms with Crippen LogP contribution in [0.5, 0.6) is 23.0 Å². The lowest BCUT2D eigenvalue weighted by molar-refractivity contribution is -0.137. The predicted molar refractivity (Wildman–Crippen MR) is 296 cm³/mol. The number of nitrogens with one attached hydrogen (secondary N) is 4. The standard InChI is InChI=1S/C55H40Cl5F3N8O8/c1-27-5-19-47(78-36-13-9-34(56)10-14-36)45(21-27)66-51(74)31-6-17-38(58)43(23-31)68-70-49(29(3)72)53(76)64-41-26-40(60)42(22-28(41)2)65-54(77)50(30(4)73)71-69-44-24-32(7-18-39(44)59)52(75)67-46-25-33(55(61,62)63)8-20-48(46)79-37-15-11-35(57)12-16-37/h5-26,49-50H,1-4H3,(H,64,76)(H,65,77)(H,66,74)(H,67,75). The first kappa shape index (κ1) is 58.5. The summed E-state index contributed by atoms with van der Waals surface area (Å²) >= 11 is 31.3. The number of carbonyl (C=O) groups excluding carboxylic acids is 6. The average molecular weight is 1180 g/mol. The van der Waals surface area contributed by atoms with E-state index in [1.807, 2.05) is 13.0 Å². The Bertz CT molecular complexity index is 3600. The highest BCUT2D eigenvalue weighted by Gasteiger charge is 2.32. The molecule has 4 N–H and O–H groups in total. The average Bonchev–Trinajstić information content (AvgIpc) is 3.39. The van der Waals surface area contributed by atoms with Gasteiger partial charge in [-0.2, -0.15) is 33.6 Å². The number of Topliss-reactive ketones (excluding diaryl/α,β-unsaturated/α-hetero) is 2. The van der Waals surface area contributed by atoms with Crippen LogP contribution in [0.1, 0.15) is 51.3 Å². The zero-order valence-electron chi connectivity index (χ0n) is 41.4. The topological polar surface area (TPSA) is 218 Å². The van der Waals surface area contributed by atoms with Crippen molar-refractivity contribution in [3.05, 3.63) is 186 Å². The molecule has 16 nitrogen and oxygen atoms in total. The summed E-state index contributed by atoms with van der Waals surface area (Å²) in [4.78, 5) is 79.7. The summed E-state index contributed by atoms with van der Waals surface area (Å²) in [5, 5.41) is 26.9. The first-order chi connectivity index (χ1) is 37.4. The highest BCUT2D eigenvalue weighted by Crippen LogP contribution is 2.39. The van der Waals surface area contributed by atoms with Gasteiger partial charge in [0.05, 0.1) is 37.7 Å². The fourth-order valence-electron chi connectivity index (χ4n) is 7.02. The third kappa shape index (κ3) is 15.5. The molecule has 0 spiro atoms. The van der Waals surface area contributed by atoms with Crippen molar-refractivity contribution in [2.24, 2.45) is 20.5 Å². The molecule has 0 aliphatic heterocycles. The molecule has 2 unspecified atom stereocenters. The van der Waals surface area contributed by atoms with E-state index in [1.54, 1.807) is 43.3 Å². The minimum Gasteiger partial charge on any atom is -0.455 e. The normalized spacial score (nSPS) is 12.2. The summed E-state index contributed by atoms with van der Waals surface area (Å²) in [6.07, 6.45) is -4.77. The lowest BCUT2D eigenvalue weighted by Gasteiger charge is -2.16. The molecule has 0 aliphatic carbocycles. The number of hydrogen-bond donors (Lipinski definition) is 4. The summed E-state index contributed by atoms with van der Waals surface area (Å²) in [7, 11) is 0. The maximum atomic E-state index is 13.7. The van der Waals surface area contributed by atoms with Gasteiger partial charge in [0, 0.05) is 26.9 Å². The minimum absolute atomic E-state index is 0.0246. The van der Waals surface area contributed by atoms with Crippen molar-refractivity contribution >= 4 is 127 Å². The minimum atomic E-state index is -4.77. The summed E-state index contributed by atoms with van der Waals surface area (Å²) in [6.45, 7) is 5.56. The van der Waals surface area contributed by atoms with Crippen LogP contribution in [-0.2, 0) is 25.4 Å². The second-order valence-electron chi connectivity index (χ2n) is 17.1. The summed E-state index contributed by atoms with van der Waals surface area (Å²) in [6, 6.07) is 27.3. The molecule has 0 aromatic heterocycles. The summed E-state index contributed by atoms with van der Waals surface area (Å²) < 4.78 is 52.9. The molecule has 0 bridgehead atoms. The van der Waals surface area contributed by atoms with E-state index in [0.717, 1.165) is 37.6 Å². The van der Waals surface area contributed by atoms with Crippen LogP contribution in [-0.4, -0.2) is 47.3 Å². The Labute approximate surface area is 473 Å². The number of benzene rings is 7. The van der Waals surface area contributed by atoms with E-state index in [4.69, 9.17) is 67.5 Å². The van der Waals surface area contributed by atoms with Gasteiger partial charge in [-0.3, -0.25) is 28.8 Å². The predicted octanol–water partition coefficient (Wildman–Crippen LogP) is 16.0. The highest BCUT2D eigenvalue weighted by atomic mass is 35.5. The molecular weight excluding hydrogens is 1130 g/mol. The zero-order chi connectivity index (χ0) is 57.3. The van der Waals surface area contributed by atoms with Crippen molar-refractivity contribution in [3.63, 3.8) is 0 Å². The molecule has 4 amide bonds. The first-order valence-corrected chi connectivity index (χ1v) is 25.0. The van der Waals surface area contributed by atoms with Crippen LogP contribution >= 0.6 is 58.0 Å². The number of carbonyl (C=O) groups is 6. The fourth-order valence-corrected chi connectivity index (χ4v) is 7.80. The number of rotatable bonds is 18. The molecule has 0 heterocycles. The van der Waals surface area contributed by atoms with Gasteiger partial charge in [-0.1, -0.05) is 64.1 Å². The van der Waals surface area contributed by atoms with Crippen molar-refractivity contribution < 1.29 is 51.4 Å². The molecule has 79 heavy (non-hydrogen) atoms. The van der Waals surface area contributed by atoms with Crippen LogP contribution in [0.15, 0.2) is 154 Å². The van der Waals surface area contributed by atoms with Crippen LogP contribution in [0.4, 0.5) is 47.3 Å². The number of aryl methyl sites for hydroxylation is 2. The van der Waals surface area contributed by atoms with Gasteiger partial charge in [0.1, 0.15) is 22.9 Å². The molecular formula is C55H40Cl5F3N8O8. The Morgan fingerprint density at radius 3 is 1.38 bits per heavy atom. The SMILES string of the molecule is CC(=O)C(N=Nc1cc(C(=O)Nc2cc(C)ccc2Oc2ccc(Cl)cc2)ccc1Cl)C(=O)Nc1cc(Cl)c(NC(=O)C(N=Nc2cc(C(=O)Nc3cc(C(F)(F)F)ccc3Oc3ccc(Cl)cc3)ccc2Cl)C(C)=O)cc1C. The molecule has 7 rings (SSSR count). The van der Waals surface area contributed by atoms with Crippen molar-refractivity contribution in [1.29, 1.82) is 0 Å². The third-order valence-corrected chi connectivity index (χ3v) is 12.6. The number of azo groups is 2. The monoisotopic (exact) mass is 1170 g/mol. The van der Waals surface area contributed by atoms with Gasteiger partial charge >= 0.3 is 6.18 Å². The molecule has 24 heteroatoms. The van der Waals surface area contributed by atoms with Crippen LogP contribution in [0.25, 0.3) is 0 Å². The Balaban J connectivity index is 1.01. The van der Waals surface area contributed by atoms with Gasteiger partial charge in [-0.15, -0.1) is 0 Å². The van der Waals surface area contributed by atoms with E-state index < -0.39 is 59.0 Å². The number of alkyl halides is 3. The highest BCUT2D eigenvalue weighted by molar-refractivity contribution is 6.35. The van der Waals surface area contributed by atoms with E-state index in [-0.39, 0.29) is 66.1 Å². The number of amides is 4. The van der Waals surface area contributed by atoms with E-state index in [2.05, 4.69) is 41.7 Å². The van der Waals surface area contributed by atoms with Crippen molar-refractivity contribution in [2.75, 3.05) is 21.3 Å². The van der Waals surface area contributed by atoms with Crippen molar-refractivity contribution in [3.8, 4) is 23.0 Å². The van der Waals surface area contributed by atoms with Gasteiger partial charge in [-0.25, -0.2) is 0 Å². The largest absolute Gasteiger partial charge is 0.455 e. The third-order valence-electron chi connectivity index (χ3n) is 11.1. The first-order valence-electron chi connectivity index (χ1n) is 23.1. The Morgan fingerprint density at radius 2 is 0.924 bits per heavy atom. The van der Waals surface area contributed by atoms with Gasteiger partial charge in [-0.05, 0) is 166 Å². The van der Waals surface area contributed by atoms with E-state index in [9.17, 15) is 41.9 Å². The van der Waals surface area contributed by atoms with E-state index in [0.29, 0.717) is 38.9 Å². The number of hydrogen-bond acceptors (Lipinski definition) is 12. The van der Waals surface area contributed by atoms with Gasteiger partial charge < -0.3 is 30.7 Å². The van der Waals surface area contributed by atoms with Crippen LogP contribution in [0.3, 0.4) is 0 Å². The zero-order valence-corrected chi connectivity index (χ0v) is 45.2. The number of halogens is 8. The second-order valence-corrected chi connectivity index (χ2v) is 19.2. The van der Waals surface area contributed by atoms with Crippen molar-refractivity contribution in [1.82, 2.24) is 0 Å². The molecule has 7 aromatic rings. The Kier molecular flexibility index (Phi) is 18.9. The summed E-state index contributed by atoms with van der Waals surface area (Å²) in [5.74, 6) is -3.98. The Hall–Kier alpha value is -8.20. The molecule has 0 aliphatic rings. The number of anilines is 4. The smallest absolute Gasteiger partial charge is 0.416 e. The number of nitrogens with zero attached hydrogens (tertiary/aromatic N) is 4. The Morgan fingerprint density at radius 1 is 0.481 bits per heavy atom. The molecule has 404 valence electrons. The number of ether oxygens (including phenoxy) is 2. The van der Waals surface area contributed by atoms with Crippen LogP contribution in [0.2, 0.25) is 25.1 Å². The molecule has 0 radical (unpaired) electrons. The maximum absolute atomic E-state index is 13.7. The molecule has 7 aromatic carbocycles. The van der Waals surface area contributed by atoms with Gasteiger partial charge in [0.2, 0.25) is 12.1 Å². The fraction of sp³-hybridized carbons (Fsp3) is 0.127. The van der Waals surface area contributed by atoms with Gasteiger partial charge in [0.25, 0.3) is 23.6 Å². The molecule has 2 atom stereocenters. The van der Waals surface area contributed by atoms with E-state index >= 15 is 0 Å². The lowest BCUT2D eigenvalue weighted by atomic mass is 10.1. The van der Waals surface area contributed by atoms with Crippen LogP contribution in [0, 0.1) is 13.8 Å². The molecule has 0 fully saturated rings. The number of ketones is 2. The molecule has 0 saturated carbocycles. The second kappa shape index (κ2) is 25.5. The maximum Gasteiger partial charge on any atom is 0.416 e. The molecule has 0 saturated heterocycles. The summed E-state index contributed by atoms with van der Waals surface area (Å²) in [5.41, 5.74) is -0.102. The van der Waals surface area contributed by atoms with E-state index in [1.165, 1.54) is 66.7 Å². The van der Waals surface area contributed by atoms with Crippen LogP contribution < -0.4 is 30.7 Å². The lowest BCUT2D eigenvalue weighted by Crippen LogP contribution is -2.32. The quantitative estimate of drug-likeness (QED) is 0.0477.